The van der Waals surface area contributed by atoms with Crippen LogP contribution in [-0.4, -0.2) is 43.0 Å². The van der Waals surface area contributed by atoms with Gasteiger partial charge in [0.05, 0.1) is 6.04 Å². The Balaban J connectivity index is 4.01. The molecule has 0 aromatic carbocycles. The van der Waals surface area contributed by atoms with Crippen LogP contribution in [-0.2, 0) is 4.79 Å². The minimum absolute atomic E-state index is 0.0943. The summed E-state index contributed by atoms with van der Waals surface area (Å²) >= 11 is 0. The lowest BCUT2D eigenvalue weighted by atomic mass is 10.0. The fraction of sp³-hybridized carbons (Fsp3) is 0.929. The molecule has 0 saturated carbocycles. The first-order chi connectivity index (χ1) is 8.25. The number of carbonyl (C=O) groups excluding carboxylic acids is 1. The Morgan fingerprint density at radius 1 is 1.22 bits per heavy atom. The van der Waals surface area contributed by atoms with Crippen LogP contribution in [0.5, 0.6) is 0 Å². The minimum atomic E-state index is -0.0943. The van der Waals surface area contributed by atoms with Crippen LogP contribution in [0.25, 0.3) is 0 Å². The highest BCUT2D eigenvalue weighted by atomic mass is 16.2. The van der Waals surface area contributed by atoms with Crippen molar-refractivity contribution in [3.63, 3.8) is 0 Å². The second kappa shape index (κ2) is 8.48. The molecule has 0 bridgehead atoms. The lowest BCUT2D eigenvalue weighted by molar-refractivity contribution is -0.125. The van der Waals surface area contributed by atoms with Crippen LogP contribution < -0.4 is 11.1 Å². The molecule has 0 aliphatic carbocycles. The first-order valence-electron chi connectivity index (χ1n) is 6.99. The van der Waals surface area contributed by atoms with Gasteiger partial charge in [0.25, 0.3) is 0 Å². The maximum absolute atomic E-state index is 11.9. The van der Waals surface area contributed by atoms with Crippen molar-refractivity contribution in [1.82, 2.24) is 10.2 Å². The molecule has 4 nitrogen and oxygen atoms in total. The number of amides is 1. The van der Waals surface area contributed by atoms with Crippen LogP contribution in [0.3, 0.4) is 0 Å². The molecule has 0 fully saturated rings. The fourth-order valence-electron chi connectivity index (χ4n) is 1.53. The zero-order chi connectivity index (χ0) is 14.3. The second-order valence-corrected chi connectivity index (χ2v) is 5.99. The van der Waals surface area contributed by atoms with Gasteiger partial charge < -0.3 is 11.1 Å². The van der Waals surface area contributed by atoms with E-state index in [1.807, 2.05) is 14.0 Å². The molecule has 2 unspecified atom stereocenters. The molecule has 0 heterocycles. The standard InChI is InChI=1S/C14H31N3O/c1-10(2)9-16-14(18)12(5)17(6)8-7-13(15)11(3)4/h10-13H,7-9,15H2,1-6H3,(H,16,18). The van der Waals surface area contributed by atoms with Crippen LogP contribution >= 0.6 is 0 Å². The third kappa shape index (κ3) is 6.97. The van der Waals surface area contributed by atoms with Crippen LogP contribution in [0, 0.1) is 11.8 Å². The van der Waals surface area contributed by atoms with E-state index >= 15 is 0 Å². The zero-order valence-electron chi connectivity index (χ0n) is 12.9. The molecule has 0 spiro atoms. The second-order valence-electron chi connectivity index (χ2n) is 5.99. The van der Waals surface area contributed by atoms with Crippen molar-refractivity contribution >= 4 is 5.91 Å². The van der Waals surface area contributed by atoms with Crippen molar-refractivity contribution in [2.24, 2.45) is 17.6 Å². The lowest BCUT2D eigenvalue weighted by Gasteiger charge is -2.26. The molecular formula is C14H31N3O. The van der Waals surface area contributed by atoms with E-state index in [1.165, 1.54) is 0 Å². The molecule has 0 radical (unpaired) electrons. The number of rotatable bonds is 8. The SMILES string of the molecule is CC(C)CNC(=O)C(C)N(C)CCC(N)C(C)C. The summed E-state index contributed by atoms with van der Waals surface area (Å²) < 4.78 is 0. The molecule has 0 aliphatic rings. The molecular weight excluding hydrogens is 226 g/mol. The van der Waals surface area contributed by atoms with E-state index in [0.717, 1.165) is 19.5 Å². The van der Waals surface area contributed by atoms with Crippen molar-refractivity contribution < 1.29 is 4.79 Å². The largest absolute Gasteiger partial charge is 0.354 e. The van der Waals surface area contributed by atoms with E-state index in [-0.39, 0.29) is 18.0 Å². The maximum Gasteiger partial charge on any atom is 0.237 e. The third-order valence-electron chi connectivity index (χ3n) is 3.40. The molecule has 1 amide bonds. The van der Waals surface area contributed by atoms with Gasteiger partial charge in [0.15, 0.2) is 0 Å². The summed E-state index contributed by atoms with van der Waals surface area (Å²) in [5.74, 6) is 1.08. The van der Waals surface area contributed by atoms with Gasteiger partial charge in [-0.25, -0.2) is 0 Å². The summed E-state index contributed by atoms with van der Waals surface area (Å²) in [6, 6.07) is 0.112. The van der Waals surface area contributed by atoms with Crippen molar-refractivity contribution in [1.29, 1.82) is 0 Å². The molecule has 0 aromatic rings. The fourth-order valence-corrected chi connectivity index (χ4v) is 1.53. The Bertz CT molecular complexity index is 241. The number of likely N-dealkylation sites (N-methyl/N-ethyl adjacent to an activating group) is 1. The Morgan fingerprint density at radius 2 is 1.78 bits per heavy atom. The molecule has 2 atom stereocenters. The molecule has 0 saturated heterocycles. The summed E-state index contributed by atoms with van der Waals surface area (Å²) in [5, 5.41) is 2.96. The van der Waals surface area contributed by atoms with E-state index in [9.17, 15) is 4.79 Å². The van der Waals surface area contributed by atoms with Gasteiger partial charge in [0.2, 0.25) is 5.91 Å². The van der Waals surface area contributed by atoms with E-state index in [4.69, 9.17) is 5.73 Å². The van der Waals surface area contributed by atoms with Crippen LogP contribution in [0.15, 0.2) is 0 Å². The number of nitrogens with zero attached hydrogens (tertiary/aromatic N) is 1. The Hall–Kier alpha value is -0.610. The Kier molecular flexibility index (Phi) is 8.20. The number of hydrogen-bond donors (Lipinski definition) is 2. The molecule has 3 N–H and O–H groups in total. The summed E-state index contributed by atoms with van der Waals surface area (Å²) in [4.78, 5) is 14.0. The highest BCUT2D eigenvalue weighted by Gasteiger charge is 2.18. The number of hydrogen-bond acceptors (Lipinski definition) is 3. The quantitative estimate of drug-likeness (QED) is 0.692. The molecule has 0 aromatic heterocycles. The van der Waals surface area contributed by atoms with Crippen molar-refractivity contribution in [2.45, 2.75) is 53.1 Å². The van der Waals surface area contributed by atoms with Crippen LogP contribution in [0.4, 0.5) is 0 Å². The average molecular weight is 257 g/mol. The van der Waals surface area contributed by atoms with Gasteiger partial charge in [-0.15, -0.1) is 0 Å². The summed E-state index contributed by atoms with van der Waals surface area (Å²) in [6.45, 7) is 12.0. The molecule has 18 heavy (non-hydrogen) atoms. The van der Waals surface area contributed by atoms with Crippen LogP contribution in [0.1, 0.15) is 41.0 Å². The molecule has 0 rings (SSSR count). The Labute approximate surface area is 112 Å². The van der Waals surface area contributed by atoms with Crippen molar-refractivity contribution in [2.75, 3.05) is 20.1 Å². The van der Waals surface area contributed by atoms with Gasteiger partial charge in [-0.3, -0.25) is 9.69 Å². The molecule has 108 valence electrons. The van der Waals surface area contributed by atoms with Crippen LogP contribution in [0.2, 0.25) is 0 Å². The first kappa shape index (κ1) is 17.4. The van der Waals surface area contributed by atoms with E-state index in [2.05, 4.69) is 37.9 Å². The van der Waals surface area contributed by atoms with E-state index in [0.29, 0.717) is 11.8 Å². The van der Waals surface area contributed by atoms with E-state index in [1.54, 1.807) is 0 Å². The third-order valence-corrected chi connectivity index (χ3v) is 3.40. The van der Waals surface area contributed by atoms with Gasteiger partial charge in [0, 0.05) is 19.1 Å². The van der Waals surface area contributed by atoms with Gasteiger partial charge in [-0.2, -0.15) is 0 Å². The van der Waals surface area contributed by atoms with E-state index < -0.39 is 0 Å². The van der Waals surface area contributed by atoms with Gasteiger partial charge >= 0.3 is 0 Å². The topological polar surface area (TPSA) is 58.4 Å². The monoisotopic (exact) mass is 257 g/mol. The highest BCUT2D eigenvalue weighted by molar-refractivity contribution is 5.81. The highest BCUT2D eigenvalue weighted by Crippen LogP contribution is 2.05. The first-order valence-corrected chi connectivity index (χ1v) is 6.99. The molecule has 0 aliphatic heterocycles. The lowest BCUT2D eigenvalue weighted by Crippen LogP contribution is -2.45. The normalized spacial score (nSPS) is 15.2. The molecule has 4 heteroatoms. The van der Waals surface area contributed by atoms with Gasteiger partial charge in [-0.05, 0) is 32.2 Å². The Morgan fingerprint density at radius 3 is 2.22 bits per heavy atom. The zero-order valence-corrected chi connectivity index (χ0v) is 12.9. The van der Waals surface area contributed by atoms with Gasteiger partial charge in [-0.1, -0.05) is 27.7 Å². The number of nitrogens with one attached hydrogen (secondary N) is 1. The number of carbonyl (C=O) groups is 1. The maximum atomic E-state index is 11.9. The van der Waals surface area contributed by atoms with Crippen molar-refractivity contribution in [3.05, 3.63) is 0 Å². The van der Waals surface area contributed by atoms with Gasteiger partial charge in [0.1, 0.15) is 0 Å². The average Bonchev–Trinajstić information content (AvgIpc) is 2.31. The number of nitrogens with two attached hydrogens (primary N) is 1. The minimum Gasteiger partial charge on any atom is -0.354 e. The smallest absolute Gasteiger partial charge is 0.237 e. The predicted molar refractivity (Wildman–Crippen MR) is 77.4 cm³/mol. The predicted octanol–water partition coefficient (Wildman–Crippen LogP) is 1.45. The summed E-state index contributed by atoms with van der Waals surface area (Å²) in [6.07, 6.45) is 0.927. The summed E-state index contributed by atoms with van der Waals surface area (Å²) in [5.41, 5.74) is 6.01. The summed E-state index contributed by atoms with van der Waals surface area (Å²) in [7, 11) is 1.98. The van der Waals surface area contributed by atoms with Crippen molar-refractivity contribution in [3.8, 4) is 0 Å².